The first-order valence-corrected chi connectivity index (χ1v) is 12.1. The highest BCUT2D eigenvalue weighted by molar-refractivity contribution is 6.25. The van der Waals surface area contributed by atoms with Gasteiger partial charge in [0.1, 0.15) is 6.04 Å². The normalized spacial score (nSPS) is 24.9. The lowest BCUT2D eigenvalue weighted by atomic mass is 9.94. The van der Waals surface area contributed by atoms with Crippen molar-refractivity contribution in [3.63, 3.8) is 0 Å². The van der Waals surface area contributed by atoms with Crippen LogP contribution in [0.3, 0.4) is 0 Å². The van der Waals surface area contributed by atoms with E-state index in [0.29, 0.717) is 11.1 Å². The Hall–Kier alpha value is -2.78. The first-order chi connectivity index (χ1) is 16.0. The van der Waals surface area contributed by atoms with Crippen LogP contribution in [0.25, 0.3) is 0 Å². The van der Waals surface area contributed by atoms with E-state index >= 15 is 0 Å². The summed E-state index contributed by atoms with van der Waals surface area (Å²) in [5.41, 5.74) is 1.49. The molecule has 0 saturated carbocycles. The van der Waals surface area contributed by atoms with Crippen molar-refractivity contribution in [3.05, 3.63) is 29.3 Å². The van der Waals surface area contributed by atoms with Crippen molar-refractivity contribution in [2.24, 2.45) is 5.92 Å². The first-order valence-electron chi connectivity index (χ1n) is 12.1. The van der Waals surface area contributed by atoms with E-state index in [-0.39, 0.29) is 18.7 Å². The number of benzene rings is 1. The minimum absolute atomic E-state index is 0.121. The molecule has 5 rings (SSSR count). The Morgan fingerprint density at radius 3 is 2.39 bits per heavy atom. The van der Waals surface area contributed by atoms with Gasteiger partial charge in [0.25, 0.3) is 11.8 Å². The van der Waals surface area contributed by atoms with Gasteiger partial charge in [-0.1, -0.05) is 6.07 Å². The molecule has 33 heavy (non-hydrogen) atoms. The first kappa shape index (κ1) is 22.0. The number of hydrogen-bond acceptors (Lipinski definition) is 7. The summed E-state index contributed by atoms with van der Waals surface area (Å²) >= 11 is 0. The van der Waals surface area contributed by atoms with E-state index in [4.69, 9.17) is 0 Å². The molecule has 4 aliphatic heterocycles. The molecule has 9 nitrogen and oxygen atoms in total. The molecular formula is C24H31N5O4. The van der Waals surface area contributed by atoms with Crippen LogP contribution in [0, 0.1) is 5.92 Å². The molecule has 4 amide bonds. The summed E-state index contributed by atoms with van der Waals surface area (Å²) in [5, 5.41) is 5.67. The fourth-order valence-corrected chi connectivity index (χ4v) is 5.51. The monoisotopic (exact) mass is 453 g/mol. The van der Waals surface area contributed by atoms with Gasteiger partial charge in [-0.15, -0.1) is 0 Å². The number of nitrogens with zero attached hydrogens (tertiary/aromatic N) is 3. The summed E-state index contributed by atoms with van der Waals surface area (Å²) in [7, 11) is 0. The zero-order valence-electron chi connectivity index (χ0n) is 18.8. The highest BCUT2D eigenvalue weighted by Gasteiger charge is 2.46. The van der Waals surface area contributed by atoms with Crippen molar-refractivity contribution in [1.29, 1.82) is 0 Å². The van der Waals surface area contributed by atoms with Gasteiger partial charge in [-0.25, -0.2) is 0 Å². The fraction of sp³-hybridized carbons (Fsp3) is 0.583. The number of anilines is 1. The van der Waals surface area contributed by atoms with E-state index in [9.17, 15) is 19.2 Å². The lowest BCUT2D eigenvalue weighted by Crippen LogP contribution is -2.54. The van der Waals surface area contributed by atoms with Crippen LogP contribution < -0.4 is 15.5 Å². The van der Waals surface area contributed by atoms with E-state index in [1.54, 1.807) is 12.1 Å². The predicted molar refractivity (Wildman–Crippen MR) is 122 cm³/mol. The number of carbonyl (C=O) groups is 4. The number of carbonyl (C=O) groups excluding carboxylic acids is 4. The maximum atomic E-state index is 13.3. The highest BCUT2D eigenvalue weighted by atomic mass is 16.2. The van der Waals surface area contributed by atoms with Gasteiger partial charge in [-0.3, -0.25) is 34.3 Å². The molecule has 0 aliphatic carbocycles. The second-order valence-corrected chi connectivity index (χ2v) is 9.46. The number of amides is 4. The molecule has 0 spiro atoms. The smallest absolute Gasteiger partial charge is 0.264 e. The minimum Gasteiger partial charge on any atom is -0.368 e. The Labute approximate surface area is 193 Å². The van der Waals surface area contributed by atoms with Gasteiger partial charge in [-0.2, -0.15) is 0 Å². The number of fused-ring (bicyclic) bond motifs is 1. The quantitative estimate of drug-likeness (QED) is 0.630. The largest absolute Gasteiger partial charge is 0.368 e. The van der Waals surface area contributed by atoms with E-state index in [1.807, 2.05) is 6.07 Å². The number of piperazine rings is 1. The van der Waals surface area contributed by atoms with Crippen LogP contribution in [-0.2, 0) is 9.59 Å². The Morgan fingerprint density at radius 2 is 1.67 bits per heavy atom. The van der Waals surface area contributed by atoms with E-state index in [0.717, 1.165) is 62.3 Å². The fourth-order valence-electron chi connectivity index (χ4n) is 5.51. The van der Waals surface area contributed by atoms with Gasteiger partial charge in [0.15, 0.2) is 0 Å². The third-order valence-corrected chi connectivity index (χ3v) is 7.47. The molecule has 0 radical (unpaired) electrons. The van der Waals surface area contributed by atoms with Crippen molar-refractivity contribution >= 4 is 29.3 Å². The third-order valence-electron chi connectivity index (χ3n) is 7.47. The molecule has 4 heterocycles. The molecule has 176 valence electrons. The second-order valence-electron chi connectivity index (χ2n) is 9.46. The predicted octanol–water partition coefficient (Wildman–Crippen LogP) is 0.600. The van der Waals surface area contributed by atoms with Gasteiger partial charge in [0.05, 0.1) is 16.8 Å². The van der Waals surface area contributed by atoms with Crippen LogP contribution in [-0.4, -0.2) is 85.3 Å². The van der Waals surface area contributed by atoms with Crippen molar-refractivity contribution in [3.8, 4) is 0 Å². The Balaban J connectivity index is 1.26. The molecule has 4 aliphatic rings. The number of rotatable bonds is 5. The van der Waals surface area contributed by atoms with Crippen LogP contribution >= 0.6 is 0 Å². The average Bonchev–Trinajstić information content (AvgIpc) is 3.09. The summed E-state index contributed by atoms with van der Waals surface area (Å²) in [6.45, 7) is 6.79. The lowest BCUT2D eigenvalue weighted by Gasteiger charge is -2.37. The average molecular weight is 454 g/mol. The Bertz CT molecular complexity index is 966. The van der Waals surface area contributed by atoms with Crippen LogP contribution in [0.1, 0.15) is 52.8 Å². The summed E-state index contributed by atoms with van der Waals surface area (Å²) in [4.78, 5) is 56.0. The molecule has 1 atom stereocenters. The second kappa shape index (κ2) is 9.23. The topological polar surface area (TPSA) is 102 Å². The van der Waals surface area contributed by atoms with Crippen molar-refractivity contribution in [2.45, 2.75) is 38.1 Å². The molecular weight excluding hydrogens is 422 g/mol. The Kier molecular flexibility index (Phi) is 6.16. The molecule has 2 N–H and O–H groups in total. The minimum atomic E-state index is -0.935. The van der Waals surface area contributed by atoms with Gasteiger partial charge >= 0.3 is 0 Å². The number of imide groups is 2. The third kappa shape index (κ3) is 4.27. The molecule has 9 heteroatoms. The Morgan fingerprint density at radius 1 is 0.909 bits per heavy atom. The maximum absolute atomic E-state index is 13.3. The van der Waals surface area contributed by atoms with E-state index in [1.165, 1.54) is 19.3 Å². The molecule has 0 aromatic heterocycles. The SMILES string of the molecule is O=C1CCC(N2C(=O)c3cccc(N4CCN(CCC5CCNCC5)CC4)c3C2=O)C(=O)N1. The number of hydrogen-bond donors (Lipinski definition) is 2. The molecule has 1 unspecified atom stereocenters. The summed E-state index contributed by atoms with van der Waals surface area (Å²) in [6.07, 6.45) is 4.04. The molecule has 1 aromatic carbocycles. The van der Waals surface area contributed by atoms with Crippen molar-refractivity contribution < 1.29 is 19.2 Å². The summed E-state index contributed by atoms with van der Waals surface area (Å²) < 4.78 is 0. The van der Waals surface area contributed by atoms with E-state index in [2.05, 4.69) is 20.4 Å². The molecule has 1 aromatic rings. The zero-order chi connectivity index (χ0) is 22.9. The van der Waals surface area contributed by atoms with Crippen LogP contribution in [0.5, 0.6) is 0 Å². The van der Waals surface area contributed by atoms with Gasteiger partial charge < -0.3 is 10.2 Å². The standard InChI is InChI=1S/C24H31N5O4/c30-20-5-4-19(22(31)26-20)29-23(32)17-2-1-3-18(21(17)24(29)33)28-14-12-27(13-15-28)11-8-16-6-9-25-10-7-16/h1-3,16,19,25H,4-15H2,(H,26,30,31). The van der Waals surface area contributed by atoms with Crippen molar-refractivity contribution in [2.75, 3.05) is 50.7 Å². The van der Waals surface area contributed by atoms with Gasteiger partial charge in [-0.05, 0) is 63.4 Å². The summed E-state index contributed by atoms with van der Waals surface area (Å²) in [5.74, 6) is -1.03. The van der Waals surface area contributed by atoms with Crippen LogP contribution in [0.4, 0.5) is 5.69 Å². The van der Waals surface area contributed by atoms with E-state index < -0.39 is 23.8 Å². The highest BCUT2D eigenvalue weighted by Crippen LogP contribution is 2.34. The molecule has 3 fully saturated rings. The lowest BCUT2D eigenvalue weighted by molar-refractivity contribution is -0.136. The molecule has 0 bridgehead atoms. The molecule has 3 saturated heterocycles. The number of piperidine rings is 2. The van der Waals surface area contributed by atoms with Crippen LogP contribution in [0.2, 0.25) is 0 Å². The maximum Gasteiger partial charge on any atom is 0.264 e. The number of nitrogens with one attached hydrogen (secondary N) is 2. The zero-order valence-corrected chi connectivity index (χ0v) is 18.8. The van der Waals surface area contributed by atoms with Gasteiger partial charge in [0, 0.05) is 32.6 Å². The van der Waals surface area contributed by atoms with Crippen molar-refractivity contribution in [1.82, 2.24) is 20.4 Å². The van der Waals surface area contributed by atoms with Gasteiger partial charge in [0.2, 0.25) is 11.8 Å². The summed E-state index contributed by atoms with van der Waals surface area (Å²) in [6, 6.07) is 4.41. The van der Waals surface area contributed by atoms with Crippen LogP contribution in [0.15, 0.2) is 18.2 Å².